The third-order valence-electron chi connectivity index (χ3n) is 4.60. The minimum Gasteiger partial charge on any atom is -0.378 e. The number of carbonyl (C=O) groups excluding carboxylic acids is 2. The first-order valence-corrected chi connectivity index (χ1v) is 8.51. The molecular weight excluding hydrogens is 328 g/mol. The van der Waals surface area contributed by atoms with Crippen LogP contribution in [0.15, 0.2) is 59.7 Å². The molecule has 134 valence electrons. The van der Waals surface area contributed by atoms with Crippen molar-refractivity contribution in [3.63, 3.8) is 0 Å². The number of amides is 3. The summed E-state index contributed by atoms with van der Waals surface area (Å²) in [5, 5.41) is 7.86. The van der Waals surface area contributed by atoms with E-state index < -0.39 is 11.6 Å². The lowest BCUT2D eigenvalue weighted by molar-refractivity contribution is -0.131. The SMILES string of the molecule is CC[C@@]1(c2ccccc2)NC(=O)N(/N=C\c2ccc(N(C)C)cc2)C1=O. The van der Waals surface area contributed by atoms with Crippen molar-refractivity contribution < 1.29 is 9.59 Å². The molecule has 6 nitrogen and oxygen atoms in total. The molecular formula is C20H22N4O2. The molecule has 0 spiro atoms. The van der Waals surface area contributed by atoms with Gasteiger partial charge in [-0.3, -0.25) is 4.79 Å². The van der Waals surface area contributed by atoms with Crippen molar-refractivity contribution in [1.82, 2.24) is 10.3 Å². The number of nitrogens with zero attached hydrogens (tertiary/aromatic N) is 3. The van der Waals surface area contributed by atoms with Crippen molar-refractivity contribution in [1.29, 1.82) is 0 Å². The van der Waals surface area contributed by atoms with Crippen molar-refractivity contribution in [3.05, 3.63) is 65.7 Å². The van der Waals surface area contributed by atoms with Crippen LogP contribution in [0.5, 0.6) is 0 Å². The smallest absolute Gasteiger partial charge is 0.346 e. The van der Waals surface area contributed by atoms with Crippen LogP contribution in [0.3, 0.4) is 0 Å². The van der Waals surface area contributed by atoms with Gasteiger partial charge in [-0.15, -0.1) is 5.01 Å². The number of hydrogen-bond donors (Lipinski definition) is 1. The lowest BCUT2D eigenvalue weighted by atomic mass is 9.87. The zero-order valence-electron chi connectivity index (χ0n) is 15.1. The highest BCUT2D eigenvalue weighted by Gasteiger charge is 2.51. The van der Waals surface area contributed by atoms with Gasteiger partial charge in [0, 0.05) is 19.8 Å². The summed E-state index contributed by atoms with van der Waals surface area (Å²) in [5.74, 6) is -0.364. The molecule has 0 bridgehead atoms. The van der Waals surface area contributed by atoms with Gasteiger partial charge >= 0.3 is 6.03 Å². The third kappa shape index (κ3) is 3.06. The molecule has 3 amide bonds. The van der Waals surface area contributed by atoms with E-state index in [0.29, 0.717) is 6.42 Å². The molecule has 3 rings (SSSR count). The molecule has 1 fully saturated rings. The first-order chi connectivity index (χ1) is 12.5. The number of carbonyl (C=O) groups is 2. The summed E-state index contributed by atoms with van der Waals surface area (Å²) in [4.78, 5) is 27.3. The van der Waals surface area contributed by atoms with Gasteiger partial charge in [-0.2, -0.15) is 5.10 Å². The van der Waals surface area contributed by atoms with Crippen molar-refractivity contribution in [3.8, 4) is 0 Å². The molecule has 2 aromatic carbocycles. The minimum absolute atomic E-state index is 0.364. The molecule has 1 atom stereocenters. The maximum atomic E-state index is 13.0. The van der Waals surface area contributed by atoms with E-state index in [2.05, 4.69) is 10.4 Å². The molecule has 0 aromatic heterocycles. The summed E-state index contributed by atoms with van der Waals surface area (Å²) in [6, 6.07) is 16.4. The van der Waals surface area contributed by atoms with Crippen LogP contribution in [0.4, 0.5) is 10.5 Å². The van der Waals surface area contributed by atoms with Crippen LogP contribution in [0.25, 0.3) is 0 Å². The van der Waals surface area contributed by atoms with Crippen LogP contribution in [-0.4, -0.2) is 37.3 Å². The highest BCUT2D eigenvalue weighted by atomic mass is 16.2. The Kier molecular flexibility index (Phi) is 4.75. The summed E-state index contributed by atoms with van der Waals surface area (Å²) in [6.45, 7) is 1.87. The van der Waals surface area contributed by atoms with E-state index in [1.807, 2.05) is 80.5 Å². The van der Waals surface area contributed by atoms with Crippen LogP contribution in [-0.2, 0) is 10.3 Å². The summed E-state index contributed by atoms with van der Waals surface area (Å²) >= 11 is 0. The van der Waals surface area contributed by atoms with E-state index in [-0.39, 0.29) is 5.91 Å². The van der Waals surface area contributed by atoms with Gasteiger partial charge < -0.3 is 10.2 Å². The maximum absolute atomic E-state index is 13.0. The van der Waals surface area contributed by atoms with E-state index >= 15 is 0 Å². The Morgan fingerprint density at radius 2 is 1.73 bits per heavy atom. The first-order valence-electron chi connectivity index (χ1n) is 8.51. The molecule has 0 radical (unpaired) electrons. The number of hydrogen-bond acceptors (Lipinski definition) is 4. The standard InChI is InChI=1S/C20H22N4O2/c1-4-20(16-8-6-5-7-9-16)18(25)24(19(26)22-20)21-14-15-10-12-17(13-11-15)23(2)3/h5-14H,4H2,1-3H3,(H,22,26)/b21-14-/t20-/m0/s1. The lowest BCUT2D eigenvalue weighted by Gasteiger charge is -2.24. The molecule has 6 heteroatoms. The van der Waals surface area contributed by atoms with E-state index in [1.54, 1.807) is 0 Å². The van der Waals surface area contributed by atoms with Gasteiger partial charge in [0.05, 0.1) is 6.21 Å². The van der Waals surface area contributed by atoms with E-state index in [9.17, 15) is 9.59 Å². The Morgan fingerprint density at radius 3 is 2.31 bits per heavy atom. The van der Waals surface area contributed by atoms with Gasteiger partial charge in [0.25, 0.3) is 5.91 Å². The Hall–Kier alpha value is -3.15. The summed E-state index contributed by atoms with van der Waals surface area (Å²) in [5.41, 5.74) is 1.56. The molecule has 0 aliphatic carbocycles. The second-order valence-corrected chi connectivity index (χ2v) is 6.40. The number of nitrogens with one attached hydrogen (secondary N) is 1. The number of anilines is 1. The zero-order valence-corrected chi connectivity index (χ0v) is 15.1. The molecule has 1 aliphatic rings. The number of hydrazone groups is 1. The molecule has 0 unspecified atom stereocenters. The molecule has 1 aliphatic heterocycles. The fourth-order valence-electron chi connectivity index (χ4n) is 3.01. The highest BCUT2D eigenvalue weighted by molar-refractivity contribution is 6.07. The van der Waals surface area contributed by atoms with Crippen LogP contribution in [0, 0.1) is 0 Å². The third-order valence-corrected chi connectivity index (χ3v) is 4.60. The van der Waals surface area contributed by atoms with Gasteiger partial charge in [-0.25, -0.2) is 4.79 Å². The fraction of sp³-hybridized carbons (Fsp3) is 0.250. The molecule has 2 aromatic rings. The van der Waals surface area contributed by atoms with Gasteiger partial charge in [-0.1, -0.05) is 49.4 Å². The molecule has 1 N–H and O–H groups in total. The number of rotatable bonds is 5. The van der Waals surface area contributed by atoms with E-state index in [4.69, 9.17) is 0 Å². The first kappa shape index (κ1) is 17.7. The van der Waals surface area contributed by atoms with Crippen LogP contribution < -0.4 is 10.2 Å². The largest absolute Gasteiger partial charge is 0.378 e. The summed E-state index contributed by atoms with van der Waals surface area (Å²) in [6.07, 6.45) is 1.97. The van der Waals surface area contributed by atoms with Gasteiger partial charge in [0.1, 0.15) is 5.54 Å². The van der Waals surface area contributed by atoms with Gasteiger partial charge in [0.15, 0.2) is 0 Å². The topological polar surface area (TPSA) is 65.0 Å². The second-order valence-electron chi connectivity index (χ2n) is 6.40. The second kappa shape index (κ2) is 7.00. The van der Waals surface area contributed by atoms with Crippen molar-refractivity contribution >= 4 is 23.8 Å². The Balaban J connectivity index is 1.85. The van der Waals surface area contributed by atoms with Crippen LogP contribution in [0.1, 0.15) is 24.5 Å². The minimum atomic E-state index is -1.07. The molecule has 1 saturated heterocycles. The molecule has 26 heavy (non-hydrogen) atoms. The van der Waals surface area contributed by atoms with E-state index in [0.717, 1.165) is 21.8 Å². The van der Waals surface area contributed by atoms with Crippen molar-refractivity contribution in [2.24, 2.45) is 5.10 Å². The average molecular weight is 350 g/mol. The van der Waals surface area contributed by atoms with Gasteiger partial charge in [0.2, 0.25) is 0 Å². The zero-order chi connectivity index (χ0) is 18.7. The van der Waals surface area contributed by atoms with Crippen molar-refractivity contribution in [2.45, 2.75) is 18.9 Å². The maximum Gasteiger partial charge on any atom is 0.346 e. The monoisotopic (exact) mass is 350 g/mol. The molecule has 1 heterocycles. The quantitative estimate of drug-likeness (QED) is 0.666. The predicted molar refractivity (Wildman–Crippen MR) is 102 cm³/mol. The van der Waals surface area contributed by atoms with Crippen molar-refractivity contribution in [2.75, 3.05) is 19.0 Å². The number of urea groups is 1. The Labute approximate surface area is 153 Å². The Bertz CT molecular complexity index is 831. The normalized spacial score (nSPS) is 19.9. The Morgan fingerprint density at radius 1 is 1.08 bits per heavy atom. The lowest BCUT2D eigenvalue weighted by Crippen LogP contribution is -2.43. The average Bonchev–Trinajstić information content (AvgIpc) is 2.91. The van der Waals surface area contributed by atoms with E-state index in [1.165, 1.54) is 6.21 Å². The predicted octanol–water partition coefficient (Wildman–Crippen LogP) is 2.94. The number of benzene rings is 2. The highest BCUT2D eigenvalue weighted by Crippen LogP contribution is 2.32. The number of imide groups is 1. The van der Waals surface area contributed by atoms with Crippen LogP contribution >= 0.6 is 0 Å². The summed E-state index contributed by atoms with van der Waals surface area (Å²) < 4.78 is 0. The fourth-order valence-corrected chi connectivity index (χ4v) is 3.01. The molecule has 0 saturated carbocycles. The summed E-state index contributed by atoms with van der Waals surface area (Å²) in [7, 11) is 3.93. The van der Waals surface area contributed by atoms with Gasteiger partial charge in [-0.05, 0) is 29.7 Å². The van der Waals surface area contributed by atoms with Crippen LogP contribution in [0.2, 0.25) is 0 Å².